The molecule has 1 aliphatic rings. The summed E-state index contributed by atoms with van der Waals surface area (Å²) < 4.78 is 24.9. The van der Waals surface area contributed by atoms with Gasteiger partial charge in [0.2, 0.25) is 10.0 Å². The molecule has 1 aliphatic heterocycles. The Balaban J connectivity index is 1.89. The SMILES string of the molecule is CC1CN(S(C)(=O)=O)CCC1c1c[nH]c2ccccc12. The van der Waals surface area contributed by atoms with E-state index in [0.29, 0.717) is 24.9 Å². The van der Waals surface area contributed by atoms with Gasteiger partial charge in [0.05, 0.1) is 6.26 Å². The Labute approximate surface area is 119 Å². The number of piperidine rings is 1. The van der Waals surface area contributed by atoms with Gasteiger partial charge >= 0.3 is 0 Å². The van der Waals surface area contributed by atoms with Gasteiger partial charge in [0, 0.05) is 30.2 Å². The zero-order valence-corrected chi connectivity index (χ0v) is 12.7. The number of rotatable bonds is 2. The monoisotopic (exact) mass is 292 g/mol. The normalized spacial score (nSPS) is 25.1. The molecule has 0 amide bonds. The number of hydrogen-bond acceptors (Lipinski definition) is 2. The Morgan fingerprint density at radius 3 is 2.75 bits per heavy atom. The fraction of sp³-hybridized carbons (Fsp3) is 0.467. The summed E-state index contributed by atoms with van der Waals surface area (Å²) in [6.45, 7) is 3.38. The van der Waals surface area contributed by atoms with Crippen LogP contribution in [-0.2, 0) is 10.0 Å². The molecular weight excluding hydrogens is 272 g/mol. The summed E-state index contributed by atoms with van der Waals surface area (Å²) in [7, 11) is -3.07. The molecule has 0 bridgehead atoms. The van der Waals surface area contributed by atoms with Crippen molar-refractivity contribution in [2.45, 2.75) is 19.3 Å². The lowest BCUT2D eigenvalue weighted by Gasteiger charge is -2.35. The molecule has 0 spiro atoms. The fourth-order valence-electron chi connectivity index (χ4n) is 3.27. The molecule has 108 valence electrons. The maximum absolute atomic E-state index is 11.7. The molecule has 1 aromatic heterocycles. The van der Waals surface area contributed by atoms with Crippen LogP contribution in [0.5, 0.6) is 0 Å². The first-order chi connectivity index (χ1) is 9.47. The van der Waals surface area contributed by atoms with Crippen LogP contribution in [0.4, 0.5) is 0 Å². The number of aromatic amines is 1. The molecule has 1 aromatic carbocycles. The number of para-hydroxylation sites is 1. The summed E-state index contributed by atoms with van der Waals surface area (Å²) in [4.78, 5) is 3.32. The molecule has 2 aromatic rings. The first-order valence-corrected chi connectivity index (χ1v) is 8.83. The van der Waals surface area contributed by atoms with E-state index in [-0.39, 0.29) is 0 Å². The van der Waals surface area contributed by atoms with Gasteiger partial charge in [-0.05, 0) is 29.9 Å². The predicted octanol–water partition coefficient (Wildman–Crippen LogP) is 2.55. The summed E-state index contributed by atoms with van der Waals surface area (Å²) in [5.74, 6) is 0.752. The minimum Gasteiger partial charge on any atom is -0.361 e. The molecule has 1 saturated heterocycles. The third-order valence-corrected chi connectivity index (χ3v) is 5.63. The molecule has 3 rings (SSSR count). The maximum atomic E-state index is 11.7. The van der Waals surface area contributed by atoms with E-state index in [2.05, 4.69) is 36.3 Å². The minimum atomic E-state index is -3.07. The van der Waals surface area contributed by atoms with Crippen molar-refractivity contribution in [3.05, 3.63) is 36.0 Å². The van der Waals surface area contributed by atoms with Gasteiger partial charge in [0.15, 0.2) is 0 Å². The lowest BCUT2D eigenvalue weighted by molar-refractivity contribution is 0.251. The standard InChI is InChI=1S/C15H20N2O2S/c1-11-10-17(20(2,18)19)8-7-12(11)14-9-16-15-6-4-3-5-13(14)15/h3-6,9,11-12,16H,7-8,10H2,1-2H3. The van der Waals surface area contributed by atoms with Gasteiger partial charge < -0.3 is 4.98 Å². The molecule has 1 fully saturated rings. The number of H-pyrrole nitrogens is 1. The lowest BCUT2D eigenvalue weighted by atomic mass is 9.82. The van der Waals surface area contributed by atoms with Crippen molar-refractivity contribution in [2.24, 2.45) is 5.92 Å². The lowest BCUT2D eigenvalue weighted by Crippen LogP contribution is -2.41. The molecule has 2 unspecified atom stereocenters. The average molecular weight is 292 g/mol. The number of nitrogens with zero attached hydrogens (tertiary/aromatic N) is 1. The van der Waals surface area contributed by atoms with Crippen LogP contribution in [0.3, 0.4) is 0 Å². The van der Waals surface area contributed by atoms with Crippen molar-refractivity contribution in [2.75, 3.05) is 19.3 Å². The van der Waals surface area contributed by atoms with E-state index < -0.39 is 10.0 Å². The molecule has 0 aliphatic carbocycles. The van der Waals surface area contributed by atoms with E-state index in [1.807, 2.05) is 6.07 Å². The second kappa shape index (κ2) is 4.90. The zero-order chi connectivity index (χ0) is 14.3. The van der Waals surface area contributed by atoms with Crippen molar-refractivity contribution in [1.29, 1.82) is 0 Å². The quantitative estimate of drug-likeness (QED) is 0.925. The highest BCUT2D eigenvalue weighted by molar-refractivity contribution is 7.88. The van der Waals surface area contributed by atoms with E-state index in [9.17, 15) is 8.42 Å². The Kier molecular flexibility index (Phi) is 3.34. The Bertz CT molecular complexity index is 720. The molecule has 20 heavy (non-hydrogen) atoms. The number of fused-ring (bicyclic) bond motifs is 1. The summed E-state index contributed by atoms with van der Waals surface area (Å²) in [5, 5.41) is 1.26. The van der Waals surface area contributed by atoms with Crippen LogP contribution in [0.1, 0.15) is 24.8 Å². The van der Waals surface area contributed by atoms with Gasteiger partial charge in [-0.2, -0.15) is 0 Å². The maximum Gasteiger partial charge on any atom is 0.211 e. The van der Waals surface area contributed by atoms with Crippen LogP contribution in [0, 0.1) is 5.92 Å². The summed E-state index contributed by atoms with van der Waals surface area (Å²) in [6.07, 6.45) is 4.27. The van der Waals surface area contributed by atoms with Gasteiger partial charge in [0.25, 0.3) is 0 Å². The second-order valence-electron chi connectivity index (χ2n) is 5.78. The van der Waals surface area contributed by atoms with Crippen LogP contribution in [0.15, 0.2) is 30.5 Å². The smallest absolute Gasteiger partial charge is 0.211 e. The average Bonchev–Trinajstić information content (AvgIpc) is 2.81. The van der Waals surface area contributed by atoms with Gasteiger partial charge in [-0.15, -0.1) is 0 Å². The van der Waals surface area contributed by atoms with Gasteiger partial charge in [-0.25, -0.2) is 12.7 Å². The van der Waals surface area contributed by atoms with Crippen molar-refractivity contribution in [3.8, 4) is 0 Å². The topological polar surface area (TPSA) is 53.2 Å². The Hall–Kier alpha value is -1.33. The Morgan fingerprint density at radius 1 is 1.30 bits per heavy atom. The summed E-state index contributed by atoms with van der Waals surface area (Å²) in [5.41, 5.74) is 2.47. The fourth-order valence-corrected chi connectivity index (χ4v) is 4.21. The van der Waals surface area contributed by atoms with Gasteiger partial charge in [-0.3, -0.25) is 0 Å². The van der Waals surface area contributed by atoms with Crippen molar-refractivity contribution in [1.82, 2.24) is 9.29 Å². The molecule has 2 atom stereocenters. The second-order valence-corrected chi connectivity index (χ2v) is 7.77. The van der Waals surface area contributed by atoms with Crippen LogP contribution in [0.25, 0.3) is 10.9 Å². The number of aromatic nitrogens is 1. The number of benzene rings is 1. The molecule has 0 radical (unpaired) electrons. The van der Waals surface area contributed by atoms with E-state index in [0.717, 1.165) is 11.9 Å². The molecule has 2 heterocycles. The first kappa shape index (κ1) is 13.6. The predicted molar refractivity (Wildman–Crippen MR) is 81.2 cm³/mol. The third-order valence-electron chi connectivity index (χ3n) is 4.36. The van der Waals surface area contributed by atoms with E-state index in [4.69, 9.17) is 0 Å². The van der Waals surface area contributed by atoms with E-state index in [1.165, 1.54) is 17.2 Å². The van der Waals surface area contributed by atoms with E-state index >= 15 is 0 Å². The van der Waals surface area contributed by atoms with Crippen LogP contribution in [0.2, 0.25) is 0 Å². The highest BCUT2D eigenvalue weighted by Gasteiger charge is 2.32. The van der Waals surface area contributed by atoms with E-state index in [1.54, 1.807) is 4.31 Å². The largest absolute Gasteiger partial charge is 0.361 e. The van der Waals surface area contributed by atoms with Crippen LogP contribution < -0.4 is 0 Å². The highest BCUT2D eigenvalue weighted by atomic mass is 32.2. The van der Waals surface area contributed by atoms with Crippen LogP contribution in [-0.4, -0.2) is 37.1 Å². The third kappa shape index (κ3) is 2.36. The molecule has 0 saturated carbocycles. The molecular formula is C15H20N2O2S. The molecule has 1 N–H and O–H groups in total. The van der Waals surface area contributed by atoms with Crippen molar-refractivity contribution >= 4 is 20.9 Å². The minimum absolute atomic E-state index is 0.331. The zero-order valence-electron chi connectivity index (χ0n) is 11.8. The highest BCUT2D eigenvalue weighted by Crippen LogP contribution is 2.37. The Morgan fingerprint density at radius 2 is 2.05 bits per heavy atom. The molecule has 4 nitrogen and oxygen atoms in total. The van der Waals surface area contributed by atoms with Crippen molar-refractivity contribution in [3.63, 3.8) is 0 Å². The summed E-state index contributed by atoms with van der Waals surface area (Å²) in [6, 6.07) is 8.29. The van der Waals surface area contributed by atoms with Crippen LogP contribution >= 0.6 is 0 Å². The van der Waals surface area contributed by atoms with Gasteiger partial charge in [-0.1, -0.05) is 25.1 Å². The van der Waals surface area contributed by atoms with Crippen molar-refractivity contribution < 1.29 is 8.42 Å². The van der Waals surface area contributed by atoms with Gasteiger partial charge in [0.1, 0.15) is 0 Å². The summed E-state index contributed by atoms with van der Waals surface area (Å²) >= 11 is 0. The number of nitrogens with one attached hydrogen (secondary N) is 1. The molecule has 5 heteroatoms. The first-order valence-electron chi connectivity index (χ1n) is 6.98. The number of hydrogen-bond donors (Lipinski definition) is 1. The number of sulfonamides is 1.